The predicted molar refractivity (Wildman–Crippen MR) is 69.4 cm³/mol. The summed E-state index contributed by atoms with van der Waals surface area (Å²) in [6.45, 7) is 1.89. The number of hydrogen-bond donors (Lipinski definition) is 1. The molecule has 1 aliphatic carbocycles. The Morgan fingerprint density at radius 1 is 1.18 bits per heavy atom. The zero-order valence-electron chi connectivity index (χ0n) is 9.77. The van der Waals surface area contributed by atoms with Crippen molar-refractivity contribution in [3.05, 3.63) is 0 Å². The predicted octanol–water partition coefficient (Wildman–Crippen LogP) is 0.859. The van der Waals surface area contributed by atoms with Gasteiger partial charge in [0.05, 0.1) is 13.2 Å². The molecule has 0 aromatic heterocycles. The first-order valence-electron chi connectivity index (χ1n) is 6.09. The van der Waals surface area contributed by atoms with Crippen molar-refractivity contribution in [2.24, 2.45) is 0 Å². The number of halogens is 1. The van der Waals surface area contributed by atoms with Gasteiger partial charge in [0.1, 0.15) is 0 Å². The van der Waals surface area contributed by atoms with Gasteiger partial charge in [-0.05, 0) is 12.8 Å². The van der Waals surface area contributed by atoms with Crippen LogP contribution in [0.1, 0.15) is 25.7 Å². The Balaban J connectivity index is 1.95. The quantitative estimate of drug-likeness (QED) is 0.782. The van der Waals surface area contributed by atoms with Crippen LogP contribution in [-0.2, 0) is 14.9 Å². The van der Waals surface area contributed by atoms with Crippen molar-refractivity contribution in [1.29, 1.82) is 0 Å². The highest BCUT2D eigenvalue weighted by molar-refractivity contribution is 9.09. The summed E-state index contributed by atoms with van der Waals surface area (Å²) in [6.07, 6.45) is 4.22. The molecule has 0 radical (unpaired) electrons. The molecule has 100 valence electrons. The second kappa shape index (κ2) is 5.97. The average Bonchev–Trinajstić information content (AvgIpc) is 2.33. The van der Waals surface area contributed by atoms with Gasteiger partial charge in [0, 0.05) is 24.0 Å². The third-order valence-corrected chi connectivity index (χ3v) is 6.03. The molecule has 1 saturated heterocycles. The van der Waals surface area contributed by atoms with Crippen molar-refractivity contribution < 1.29 is 13.2 Å². The van der Waals surface area contributed by atoms with Gasteiger partial charge in [-0.15, -0.1) is 0 Å². The first-order chi connectivity index (χ1) is 8.09. The average molecular weight is 327 g/mol. The third-order valence-electron chi connectivity index (χ3n) is 3.29. The van der Waals surface area contributed by atoms with E-state index in [1.165, 1.54) is 10.7 Å². The van der Waals surface area contributed by atoms with E-state index in [9.17, 15) is 8.42 Å². The molecule has 5 nitrogen and oxygen atoms in total. The van der Waals surface area contributed by atoms with E-state index >= 15 is 0 Å². The lowest BCUT2D eigenvalue weighted by Gasteiger charge is -2.32. The SMILES string of the molecule is O=S(=O)(NC1CCCCC1Br)N1CCOCC1. The number of alkyl halides is 1. The van der Waals surface area contributed by atoms with Crippen LogP contribution in [0.15, 0.2) is 0 Å². The van der Waals surface area contributed by atoms with Crippen molar-refractivity contribution in [2.45, 2.75) is 36.6 Å². The van der Waals surface area contributed by atoms with E-state index in [-0.39, 0.29) is 10.9 Å². The maximum Gasteiger partial charge on any atom is 0.279 e. The number of morpholine rings is 1. The van der Waals surface area contributed by atoms with Crippen LogP contribution in [0.5, 0.6) is 0 Å². The van der Waals surface area contributed by atoms with E-state index in [0.29, 0.717) is 26.3 Å². The molecule has 2 aliphatic rings. The molecule has 2 atom stereocenters. The fourth-order valence-corrected chi connectivity index (χ4v) is 4.61. The highest BCUT2D eigenvalue weighted by Crippen LogP contribution is 2.25. The van der Waals surface area contributed by atoms with Gasteiger partial charge in [0.25, 0.3) is 10.2 Å². The van der Waals surface area contributed by atoms with Crippen molar-refractivity contribution in [3.63, 3.8) is 0 Å². The number of hydrogen-bond acceptors (Lipinski definition) is 3. The number of rotatable bonds is 3. The summed E-state index contributed by atoms with van der Waals surface area (Å²) in [5.74, 6) is 0. The minimum Gasteiger partial charge on any atom is -0.379 e. The molecule has 1 aliphatic heterocycles. The monoisotopic (exact) mass is 326 g/mol. The summed E-state index contributed by atoms with van der Waals surface area (Å²) < 4.78 is 33.7. The summed E-state index contributed by atoms with van der Waals surface area (Å²) in [6, 6.07) is 0.0246. The van der Waals surface area contributed by atoms with Crippen molar-refractivity contribution in [2.75, 3.05) is 26.3 Å². The minimum atomic E-state index is -3.34. The van der Waals surface area contributed by atoms with Gasteiger partial charge in [0.15, 0.2) is 0 Å². The number of nitrogens with one attached hydrogen (secondary N) is 1. The smallest absolute Gasteiger partial charge is 0.279 e. The van der Waals surface area contributed by atoms with Crippen LogP contribution in [-0.4, -0.2) is 49.9 Å². The molecule has 0 aromatic carbocycles. The van der Waals surface area contributed by atoms with E-state index in [0.717, 1.165) is 19.3 Å². The summed E-state index contributed by atoms with van der Waals surface area (Å²) >= 11 is 3.56. The van der Waals surface area contributed by atoms with Gasteiger partial charge in [-0.3, -0.25) is 0 Å². The van der Waals surface area contributed by atoms with Crippen molar-refractivity contribution >= 4 is 26.1 Å². The Bertz CT molecular complexity index is 343. The molecule has 2 unspecified atom stereocenters. The first-order valence-corrected chi connectivity index (χ1v) is 8.44. The molecule has 0 aromatic rings. The topological polar surface area (TPSA) is 58.6 Å². The zero-order chi connectivity index (χ0) is 12.3. The van der Waals surface area contributed by atoms with E-state index in [1.54, 1.807) is 0 Å². The van der Waals surface area contributed by atoms with E-state index in [4.69, 9.17) is 4.74 Å². The maximum absolute atomic E-state index is 12.1. The largest absolute Gasteiger partial charge is 0.379 e. The van der Waals surface area contributed by atoms with Crippen LogP contribution >= 0.6 is 15.9 Å². The van der Waals surface area contributed by atoms with Gasteiger partial charge in [-0.1, -0.05) is 28.8 Å². The van der Waals surface area contributed by atoms with Gasteiger partial charge in [-0.25, -0.2) is 0 Å². The highest BCUT2D eigenvalue weighted by Gasteiger charge is 2.31. The lowest BCUT2D eigenvalue weighted by Crippen LogP contribution is -2.52. The molecule has 0 bridgehead atoms. The fourth-order valence-electron chi connectivity index (χ4n) is 2.27. The van der Waals surface area contributed by atoms with Crippen LogP contribution in [0.3, 0.4) is 0 Å². The molecule has 1 saturated carbocycles. The van der Waals surface area contributed by atoms with E-state index in [1.807, 2.05) is 0 Å². The Labute approximate surface area is 111 Å². The number of ether oxygens (including phenoxy) is 1. The van der Waals surface area contributed by atoms with Gasteiger partial charge in [0.2, 0.25) is 0 Å². The summed E-state index contributed by atoms with van der Waals surface area (Å²) in [7, 11) is -3.34. The van der Waals surface area contributed by atoms with E-state index in [2.05, 4.69) is 20.7 Å². The zero-order valence-corrected chi connectivity index (χ0v) is 12.2. The molecule has 7 heteroatoms. The van der Waals surface area contributed by atoms with Crippen molar-refractivity contribution in [3.8, 4) is 0 Å². The molecule has 0 amide bonds. The number of nitrogens with zero attached hydrogens (tertiary/aromatic N) is 1. The standard InChI is InChI=1S/C10H19BrN2O3S/c11-9-3-1-2-4-10(9)12-17(14,15)13-5-7-16-8-6-13/h9-10,12H,1-8H2. The van der Waals surface area contributed by atoms with E-state index < -0.39 is 10.2 Å². The molecule has 1 heterocycles. The molecule has 0 spiro atoms. The summed E-state index contributed by atoms with van der Waals surface area (Å²) in [5.41, 5.74) is 0. The van der Waals surface area contributed by atoms with Crippen LogP contribution in [0.2, 0.25) is 0 Å². The Morgan fingerprint density at radius 3 is 2.47 bits per heavy atom. The summed E-state index contributed by atoms with van der Waals surface area (Å²) in [5, 5.41) is 0. The van der Waals surface area contributed by atoms with Gasteiger partial charge < -0.3 is 4.74 Å². The fraction of sp³-hybridized carbons (Fsp3) is 1.00. The van der Waals surface area contributed by atoms with Crippen LogP contribution in [0, 0.1) is 0 Å². The Morgan fingerprint density at radius 2 is 1.82 bits per heavy atom. The molecule has 2 rings (SSSR count). The van der Waals surface area contributed by atoms with Crippen LogP contribution in [0.4, 0.5) is 0 Å². The van der Waals surface area contributed by atoms with Crippen molar-refractivity contribution in [1.82, 2.24) is 9.03 Å². The Kier molecular flexibility index (Phi) is 4.82. The molecular weight excluding hydrogens is 308 g/mol. The maximum atomic E-state index is 12.1. The molecular formula is C10H19BrN2O3S. The molecule has 2 fully saturated rings. The Hall–Kier alpha value is 0.310. The summed E-state index contributed by atoms with van der Waals surface area (Å²) in [4.78, 5) is 0.257. The van der Waals surface area contributed by atoms with Crippen LogP contribution < -0.4 is 4.72 Å². The van der Waals surface area contributed by atoms with Crippen LogP contribution in [0.25, 0.3) is 0 Å². The first kappa shape index (κ1) is 13.7. The van der Waals surface area contributed by atoms with Gasteiger partial charge >= 0.3 is 0 Å². The normalized spacial score (nSPS) is 32.5. The second-order valence-electron chi connectivity index (χ2n) is 4.54. The minimum absolute atomic E-state index is 0.0246. The second-order valence-corrected chi connectivity index (χ2v) is 7.42. The lowest BCUT2D eigenvalue weighted by molar-refractivity contribution is 0.0722. The van der Waals surface area contributed by atoms with Gasteiger partial charge in [-0.2, -0.15) is 17.4 Å². The molecule has 17 heavy (non-hydrogen) atoms. The molecule has 1 N–H and O–H groups in total. The lowest BCUT2D eigenvalue weighted by atomic mass is 9.96. The third kappa shape index (κ3) is 3.64. The highest BCUT2D eigenvalue weighted by atomic mass is 79.9.